The molecule has 0 N–H and O–H groups in total. The molecule has 0 spiro atoms. The molecule has 0 aliphatic heterocycles. The molecule has 0 amide bonds. The minimum Gasteiger partial charge on any atom is -0.497 e. The first-order valence-corrected chi connectivity index (χ1v) is 8.86. The van der Waals surface area contributed by atoms with Crippen LogP contribution in [0.4, 0.5) is 13.2 Å². The van der Waals surface area contributed by atoms with Crippen molar-refractivity contribution in [3.8, 4) is 16.9 Å². The Morgan fingerprint density at radius 3 is 2.11 bits per heavy atom. The molecule has 28 heavy (non-hydrogen) atoms. The number of benzene rings is 3. The van der Waals surface area contributed by atoms with Gasteiger partial charge in [0.1, 0.15) is 11.4 Å². The summed E-state index contributed by atoms with van der Waals surface area (Å²) in [6.45, 7) is 0.117. The molecular weight excluding hydrogens is 363 g/mol. The van der Waals surface area contributed by atoms with Gasteiger partial charge in [0.05, 0.1) is 12.6 Å². The number of halogens is 3. The van der Waals surface area contributed by atoms with Crippen molar-refractivity contribution < 1.29 is 17.9 Å². The first-order chi connectivity index (χ1) is 13.5. The Hall–Kier alpha value is -3.21. The molecule has 0 aliphatic carbocycles. The summed E-state index contributed by atoms with van der Waals surface area (Å²) in [7, 11) is 1.51. The SMILES string of the molecule is COc1ccc2c(-c3ccccc3)c(C(F)(F)F)n(Cc3ccccc3)c2c1. The lowest BCUT2D eigenvalue weighted by atomic mass is 10.0. The highest BCUT2D eigenvalue weighted by Crippen LogP contribution is 2.44. The average Bonchev–Trinajstić information content (AvgIpc) is 3.03. The van der Waals surface area contributed by atoms with Crippen molar-refractivity contribution in [1.82, 2.24) is 4.57 Å². The summed E-state index contributed by atoms with van der Waals surface area (Å²) in [5.74, 6) is 0.521. The molecule has 1 heterocycles. The summed E-state index contributed by atoms with van der Waals surface area (Å²) < 4.78 is 49.4. The van der Waals surface area contributed by atoms with Crippen molar-refractivity contribution in [3.05, 3.63) is 90.1 Å². The Bertz CT molecular complexity index is 1100. The van der Waals surface area contributed by atoms with Crippen molar-refractivity contribution in [2.75, 3.05) is 7.11 Å². The molecule has 142 valence electrons. The molecule has 1 aromatic heterocycles. The van der Waals surface area contributed by atoms with Gasteiger partial charge in [0.2, 0.25) is 0 Å². The lowest BCUT2D eigenvalue weighted by Crippen LogP contribution is -2.15. The predicted molar refractivity (Wildman–Crippen MR) is 104 cm³/mol. The van der Waals surface area contributed by atoms with E-state index < -0.39 is 11.9 Å². The number of rotatable bonds is 4. The Labute approximate surface area is 160 Å². The lowest BCUT2D eigenvalue weighted by Gasteiger charge is -2.15. The third-order valence-corrected chi connectivity index (χ3v) is 4.79. The second kappa shape index (κ2) is 7.08. The monoisotopic (exact) mass is 381 g/mol. The minimum absolute atomic E-state index is 0.117. The van der Waals surface area contributed by atoms with Gasteiger partial charge < -0.3 is 9.30 Å². The summed E-state index contributed by atoms with van der Waals surface area (Å²) in [5, 5.41) is 0.551. The third-order valence-electron chi connectivity index (χ3n) is 4.79. The van der Waals surface area contributed by atoms with E-state index in [0.29, 0.717) is 22.2 Å². The Morgan fingerprint density at radius 1 is 0.857 bits per heavy atom. The molecular formula is C23H18F3NO. The number of alkyl halides is 3. The van der Waals surface area contributed by atoms with Crippen LogP contribution in [0, 0.1) is 0 Å². The molecule has 4 aromatic rings. The predicted octanol–water partition coefficient (Wildman–Crippen LogP) is 6.38. The van der Waals surface area contributed by atoms with Gasteiger partial charge >= 0.3 is 6.18 Å². The summed E-state index contributed by atoms with van der Waals surface area (Å²) in [4.78, 5) is 0. The van der Waals surface area contributed by atoms with Crippen LogP contribution in [0.2, 0.25) is 0 Å². The van der Waals surface area contributed by atoms with Gasteiger partial charge in [0, 0.05) is 23.6 Å². The van der Waals surface area contributed by atoms with Crippen molar-refractivity contribution in [3.63, 3.8) is 0 Å². The van der Waals surface area contributed by atoms with Crippen LogP contribution in [0.3, 0.4) is 0 Å². The zero-order chi connectivity index (χ0) is 19.7. The smallest absolute Gasteiger partial charge is 0.432 e. The first kappa shape index (κ1) is 18.2. The van der Waals surface area contributed by atoms with Crippen LogP contribution in [0.1, 0.15) is 11.3 Å². The fourth-order valence-electron chi connectivity index (χ4n) is 3.58. The standard InChI is InChI=1S/C23H18F3NO/c1-28-18-12-13-19-20(14-18)27(15-16-8-4-2-5-9-16)22(23(24,25)26)21(19)17-10-6-3-7-11-17/h2-14H,15H2,1H3. The second-order valence-corrected chi connectivity index (χ2v) is 6.54. The molecule has 0 saturated heterocycles. The van der Waals surface area contributed by atoms with Gasteiger partial charge in [-0.05, 0) is 23.3 Å². The van der Waals surface area contributed by atoms with Gasteiger partial charge in [-0.3, -0.25) is 0 Å². The largest absolute Gasteiger partial charge is 0.497 e. The van der Waals surface area contributed by atoms with Crippen LogP contribution < -0.4 is 4.74 Å². The first-order valence-electron chi connectivity index (χ1n) is 8.86. The maximum Gasteiger partial charge on any atom is 0.432 e. The topological polar surface area (TPSA) is 14.2 Å². The number of hydrogen-bond donors (Lipinski definition) is 0. The Balaban J connectivity index is 2.07. The van der Waals surface area contributed by atoms with E-state index in [4.69, 9.17) is 4.74 Å². The van der Waals surface area contributed by atoms with E-state index in [2.05, 4.69) is 0 Å². The van der Waals surface area contributed by atoms with E-state index in [1.54, 1.807) is 48.5 Å². The molecule has 0 saturated carbocycles. The van der Waals surface area contributed by atoms with Crippen molar-refractivity contribution in [1.29, 1.82) is 0 Å². The number of methoxy groups -OCH3 is 1. The van der Waals surface area contributed by atoms with E-state index >= 15 is 0 Å². The van der Waals surface area contributed by atoms with Gasteiger partial charge in [-0.2, -0.15) is 13.2 Å². The molecule has 4 rings (SSSR count). The van der Waals surface area contributed by atoms with E-state index in [1.165, 1.54) is 11.7 Å². The molecule has 0 bridgehead atoms. The van der Waals surface area contributed by atoms with Crippen LogP contribution in [0.5, 0.6) is 5.75 Å². The number of fused-ring (bicyclic) bond motifs is 1. The molecule has 2 nitrogen and oxygen atoms in total. The van der Waals surface area contributed by atoms with E-state index in [0.717, 1.165) is 5.56 Å². The van der Waals surface area contributed by atoms with Gasteiger partial charge in [0.25, 0.3) is 0 Å². The Kier molecular flexibility index (Phi) is 4.59. The molecule has 0 radical (unpaired) electrons. The number of hydrogen-bond acceptors (Lipinski definition) is 1. The molecule has 0 fully saturated rings. The van der Waals surface area contributed by atoms with Crippen molar-refractivity contribution in [2.24, 2.45) is 0 Å². The van der Waals surface area contributed by atoms with E-state index in [1.807, 2.05) is 30.3 Å². The van der Waals surface area contributed by atoms with Gasteiger partial charge in [-0.1, -0.05) is 60.7 Å². The summed E-state index contributed by atoms with van der Waals surface area (Å²) in [5.41, 5.74) is 1.38. The number of nitrogens with zero attached hydrogens (tertiary/aromatic N) is 1. The normalized spacial score (nSPS) is 11.7. The maximum atomic E-state index is 14.3. The van der Waals surface area contributed by atoms with Crippen LogP contribution in [-0.2, 0) is 12.7 Å². The van der Waals surface area contributed by atoms with Crippen molar-refractivity contribution >= 4 is 10.9 Å². The van der Waals surface area contributed by atoms with Crippen LogP contribution in [-0.4, -0.2) is 11.7 Å². The number of ether oxygens (including phenoxy) is 1. The van der Waals surface area contributed by atoms with Crippen LogP contribution in [0.25, 0.3) is 22.0 Å². The Morgan fingerprint density at radius 2 is 1.50 bits per heavy atom. The number of aromatic nitrogens is 1. The summed E-state index contributed by atoms with van der Waals surface area (Å²) in [6.07, 6.45) is -4.51. The molecule has 0 unspecified atom stereocenters. The van der Waals surface area contributed by atoms with Gasteiger partial charge in [-0.25, -0.2) is 0 Å². The van der Waals surface area contributed by atoms with Gasteiger partial charge in [0.15, 0.2) is 0 Å². The molecule has 0 atom stereocenters. The zero-order valence-electron chi connectivity index (χ0n) is 15.2. The quantitative estimate of drug-likeness (QED) is 0.400. The van der Waals surface area contributed by atoms with Gasteiger partial charge in [-0.15, -0.1) is 0 Å². The summed E-state index contributed by atoms with van der Waals surface area (Å²) in [6, 6.07) is 22.9. The highest BCUT2D eigenvalue weighted by Gasteiger charge is 2.39. The van der Waals surface area contributed by atoms with Crippen molar-refractivity contribution in [2.45, 2.75) is 12.7 Å². The zero-order valence-corrected chi connectivity index (χ0v) is 15.2. The molecule has 0 aliphatic rings. The highest BCUT2D eigenvalue weighted by molar-refractivity contribution is 5.99. The van der Waals surface area contributed by atoms with Crippen LogP contribution in [0.15, 0.2) is 78.9 Å². The van der Waals surface area contributed by atoms with E-state index in [9.17, 15) is 13.2 Å². The lowest BCUT2D eigenvalue weighted by molar-refractivity contribution is -0.142. The molecule has 5 heteroatoms. The third kappa shape index (κ3) is 3.24. The minimum atomic E-state index is -4.51. The highest BCUT2D eigenvalue weighted by atomic mass is 19.4. The summed E-state index contributed by atoms with van der Waals surface area (Å²) >= 11 is 0. The fourth-order valence-corrected chi connectivity index (χ4v) is 3.58. The molecule has 3 aromatic carbocycles. The van der Waals surface area contributed by atoms with Crippen LogP contribution >= 0.6 is 0 Å². The van der Waals surface area contributed by atoms with E-state index in [-0.39, 0.29) is 12.1 Å². The maximum absolute atomic E-state index is 14.3. The second-order valence-electron chi connectivity index (χ2n) is 6.54. The fraction of sp³-hybridized carbons (Fsp3) is 0.130. The average molecular weight is 381 g/mol.